The Morgan fingerprint density at radius 3 is 0.722 bits per heavy atom. The van der Waals surface area contributed by atoms with Crippen LogP contribution in [-0.4, -0.2) is 239 Å². The molecule has 144 heavy (non-hydrogen) atoms. The number of ether oxygens (including phenoxy) is 2. The summed E-state index contributed by atoms with van der Waals surface area (Å²) in [5.41, 5.74) is -11.3. The van der Waals surface area contributed by atoms with Crippen LogP contribution in [0.15, 0.2) is 364 Å². The van der Waals surface area contributed by atoms with Gasteiger partial charge >= 0.3 is 155 Å². The van der Waals surface area contributed by atoms with Crippen LogP contribution in [0.5, 0.6) is 0 Å². The zero-order valence-electron chi connectivity index (χ0n) is 76.5. The van der Waals surface area contributed by atoms with E-state index in [2.05, 4.69) is 9.47 Å². The second kappa shape index (κ2) is 47.3. The van der Waals surface area contributed by atoms with Crippen molar-refractivity contribution < 1.29 is 165 Å². The standard InChI is InChI=1S/C41H41F3O14SSi8.C40H42O12Si8.2C2H6O.CHF3O3S.2CH4.H2O.H2/c1-60-34-48-63(36-22-10-3-11-23-36)52-62(33-32-47-59(45,46)41(42,43)44)50-61(35-20-8-2-9-21-35)51-65(38-26-14-5-15-27-38)55-64(49-60,37-24-12-4-13-25-37)56-67(54-63,40-30-18-7-19-31-40)58-66(53-62,57-65)39-28-16-6-17-29-39;1-53-34-42-56(36-22-10-3-11-23-36)46-55(33-32-41)44-54(35-20-8-2-9-21-35)45-58(38-26-14-5-15-27-38)49-57(43-53,37-24-12-4-13-25-37)50-60(48-56,40-30-18-7-19-31-40)52-59(47-55,51-58)39-28-16-6-17-29-39;2*1-3-2;2-1(3,4)8(5,6)7;;;;/h2-31,60-61H,32-34H2,1H3;2-31,41,53-54H,32-34H2,1H3;2*1-2H3;(H,5,6,7);2*1H4;1H2;1H/i;;;;;;;;1+1. The van der Waals surface area contributed by atoms with Crippen molar-refractivity contribution in [1.29, 1.82) is 0 Å². The van der Waals surface area contributed by atoms with Crippen molar-refractivity contribution in [3.63, 3.8) is 0 Å². The maximum absolute atomic E-state index is 14.0. The number of methoxy groups -OCH3 is 2. The Morgan fingerprint density at radius 2 is 0.486 bits per heavy atom. The highest BCUT2D eigenvalue weighted by Crippen LogP contribution is 2.47. The minimum atomic E-state index is -6.13. The zero-order chi connectivity index (χ0) is 99.6. The van der Waals surface area contributed by atoms with Crippen LogP contribution in [0.2, 0.25) is 25.2 Å². The van der Waals surface area contributed by atoms with Crippen LogP contribution >= 0.6 is 0 Å². The predicted molar refractivity (Wildman–Crippen MR) is 556 cm³/mol. The van der Waals surface area contributed by atoms with Gasteiger partial charge in [-0.3, -0.25) is 8.74 Å². The van der Waals surface area contributed by atoms with E-state index in [1.165, 1.54) is 0 Å². The molecule has 4 N–H and O–H groups in total. The van der Waals surface area contributed by atoms with Crippen LogP contribution in [0, 0.1) is 0 Å². The van der Waals surface area contributed by atoms with E-state index in [0.29, 0.717) is 57.1 Å². The van der Waals surface area contributed by atoms with Crippen molar-refractivity contribution in [2.75, 3.05) is 54.1 Å². The number of alkyl halides is 6. The molecule has 0 spiro atoms. The minimum absolute atomic E-state index is 0. The Morgan fingerprint density at radius 1 is 0.299 bits per heavy atom. The molecule has 8 aliphatic rings. The zero-order valence-corrected chi connectivity index (χ0v) is 94.8. The first-order valence-electron chi connectivity index (χ1n) is 43.8. The van der Waals surface area contributed by atoms with Gasteiger partial charge in [0.25, 0.3) is 0 Å². The molecular weight excluding hydrogens is 2200 g/mol. The quantitative estimate of drug-likeness (QED) is 0.0362. The lowest BCUT2D eigenvalue weighted by Crippen LogP contribution is -2.88. The average molecular weight is 2310 g/mol. The van der Waals surface area contributed by atoms with Crippen LogP contribution in [0.4, 0.5) is 26.3 Å². The highest BCUT2D eigenvalue weighted by atomic mass is 32.2. The Balaban J connectivity index is 0.000000224. The number of rotatable bonds is 18. The van der Waals surface area contributed by atoms with E-state index < -0.39 is 186 Å². The van der Waals surface area contributed by atoms with Crippen molar-refractivity contribution in [2.45, 2.75) is 51.1 Å². The van der Waals surface area contributed by atoms with Crippen molar-refractivity contribution in [1.82, 2.24) is 0 Å². The van der Waals surface area contributed by atoms with Gasteiger partial charge in [0.2, 0.25) is 0 Å². The van der Waals surface area contributed by atoms with E-state index >= 15 is 0 Å². The molecular formula is C88H108F6O32S2Si16. The molecule has 8 heterocycles. The number of hydrogen-bond donors (Lipinski definition) is 2. The second-order valence-electron chi connectivity index (χ2n) is 32.1. The third-order valence-corrected chi connectivity index (χ3v) is 85.6. The molecule has 0 amide bonds. The first kappa shape index (κ1) is 114. The predicted octanol–water partition coefficient (Wildman–Crippen LogP) is 5.30. The number of aliphatic hydroxyl groups is 1. The lowest BCUT2D eigenvalue weighted by molar-refractivity contribution is -0.0542. The third kappa shape index (κ3) is 24.5. The largest absolute Gasteiger partial charge is 0.523 e. The van der Waals surface area contributed by atoms with Crippen LogP contribution in [0.1, 0.15) is 16.3 Å². The SMILES string of the molecule is C.C.COC.COC.C[SiH]1CO[Si]2(c3ccccc3)O[Si]3(CCO)O[SiH](c4ccccc4)O[Si]4(c5ccccc5)O[Si](c5ccccc5)(O1)O[Si](c1ccccc1)(O2)O[Si](c1ccccc1)(O3)O4.C[SiH]1CO[Si]2(c3ccccc3)O[Si]3(CCOS(=O)(=O)C(F)(F)F)O[SiH](c4ccccc4)O[Si]4(c5ccccc5)O[Si](c5ccccc5)(O1)O[Si](c1ccccc1)(O2)O[Si](c1ccccc1)(O3)O4.O.O=S(=O)(O)C(F)(F)F.[2HH]. The molecule has 0 aliphatic carbocycles. The number of halogens is 6. The molecule has 8 aliphatic heterocycles. The Bertz CT molecular complexity index is 6370. The summed E-state index contributed by atoms with van der Waals surface area (Å²) in [5.74, 6) is 0. The maximum atomic E-state index is 14.0. The Labute approximate surface area is 852 Å². The normalized spacial score (nSPS) is 30.1. The van der Waals surface area contributed by atoms with Gasteiger partial charge in [-0.25, -0.2) is 0 Å². The number of hydrogen-bond acceptors (Lipinski definition) is 30. The molecule has 8 saturated heterocycles. The van der Waals surface area contributed by atoms with Crippen molar-refractivity contribution in [3.05, 3.63) is 364 Å². The first-order chi connectivity index (χ1) is 67.6. The van der Waals surface area contributed by atoms with Crippen LogP contribution in [0.3, 0.4) is 0 Å². The van der Waals surface area contributed by atoms with Gasteiger partial charge in [-0.1, -0.05) is 379 Å². The minimum Gasteiger partial charge on any atom is -0.414 e. The highest BCUT2D eigenvalue weighted by molar-refractivity contribution is 7.87. The third-order valence-electron chi connectivity index (χ3n) is 21.7. The number of benzene rings is 12. The fourth-order valence-electron chi connectivity index (χ4n) is 15.7. The van der Waals surface area contributed by atoms with E-state index in [0.717, 1.165) is 5.19 Å². The fraction of sp³-hybridized carbons (Fsp3) is 0.182. The molecule has 8 fully saturated rings. The van der Waals surface area contributed by atoms with Crippen molar-refractivity contribution in [2.24, 2.45) is 0 Å². The molecule has 12 bridgehead atoms. The lowest BCUT2D eigenvalue weighted by atomic mass is 10.4. The van der Waals surface area contributed by atoms with E-state index in [9.17, 15) is 39.9 Å². The molecule has 12 aromatic carbocycles. The molecule has 770 valence electrons. The van der Waals surface area contributed by atoms with Crippen molar-refractivity contribution >= 4 is 225 Å². The number of fused-ring (bicyclic) bond motifs is 8. The van der Waals surface area contributed by atoms with Gasteiger partial charge in [-0.05, 0) is 23.5 Å². The highest BCUT2D eigenvalue weighted by Gasteiger charge is 2.82. The Hall–Kier alpha value is -7.53. The molecule has 0 radical (unpaired) electrons. The summed E-state index contributed by atoms with van der Waals surface area (Å²) in [4.78, 5) is 0. The molecule has 0 aromatic heterocycles. The summed E-state index contributed by atoms with van der Waals surface area (Å²) >= 11 is 0. The topological polar surface area (TPSA) is 371 Å². The summed E-state index contributed by atoms with van der Waals surface area (Å²) in [5, 5.41) is 17.7. The molecule has 16 unspecified atom stereocenters. The van der Waals surface area contributed by atoms with Gasteiger partial charge in [0.05, 0.1) is 19.1 Å². The fourth-order valence-corrected chi connectivity index (χ4v) is 97.1. The van der Waals surface area contributed by atoms with Crippen LogP contribution in [-0.2, 0) is 125 Å². The van der Waals surface area contributed by atoms with Crippen LogP contribution in [0.25, 0.3) is 0 Å². The molecule has 12 aromatic rings. The molecule has 56 heteroatoms. The Kier molecular flexibility index (Phi) is 37.4. The van der Waals surface area contributed by atoms with E-state index in [1.807, 2.05) is 238 Å². The molecule has 20 rings (SSSR count). The molecule has 0 saturated carbocycles. The van der Waals surface area contributed by atoms with Gasteiger partial charge in [-0.15, -0.1) is 0 Å². The average Bonchev–Trinajstić information content (AvgIpc) is 1.59. The summed E-state index contributed by atoms with van der Waals surface area (Å²) in [6, 6.07) is 111. The van der Waals surface area contributed by atoms with Gasteiger partial charge in [0.15, 0.2) is 18.1 Å². The van der Waals surface area contributed by atoms with Gasteiger partial charge in [-0.2, -0.15) is 43.2 Å². The van der Waals surface area contributed by atoms with Crippen LogP contribution < -0.4 is 62.2 Å². The smallest absolute Gasteiger partial charge is 0.414 e. The molecule has 32 nitrogen and oxygen atoms in total. The van der Waals surface area contributed by atoms with Crippen molar-refractivity contribution in [3.8, 4) is 0 Å². The lowest BCUT2D eigenvalue weighted by Gasteiger charge is -2.56. The number of aliphatic hydroxyl groups excluding tert-OH is 1. The van der Waals surface area contributed by atoms with E-state index in [1.54, 1.807) is 168 Å². The molecule has 16 atom stereocenters. The van der Waals surface area contributed by atoms with Gasteiger partial charge in [0, 0.05) is 100 Å². The summed E-state index contributed by atoms with van der Waals surface area (Å²) < 4.78 is 306. The monoisotopic (exact) mass is 2300 g/mol. The van der Waals surface area contributed by atoms with E-state index in [4.69, 9.17) is 108 Å². The van der Waals surface area contributed by atoms with Gasteiger partial charge < -0.3 is 111 Å². The van der Waals surface area contributed by atoms with Gasteiger partial charge in [0.1, 0.15) is 0 Å². The first-order valence-corrected chi connectivity index (χ1v) is 75.7. The summed E-state index contributed by atoms with van der Waals surface area (Å²) in [7, 11) is -73.2. The summed E-state index contributed by atoms with van der Waals surface area (Å²) in [6.07, 6.45) is 0.0568. The summed E-state index contributed by atoms with van der Waals surface area (Å²) in [6.45, 7) is 2.49. The van der Waals surface area contributed by atoms with E-state index in [-0.39, 0.29) is 46.9 Å². The second-order valence-corrected chi connectivity index (χ2v) is 80.0. The maximum Gasteiger partial charge on any atom is 0.523 e.